The number of hydrogen-bond acceptors (Lipinski definition) is 5. The molecule has 1 saturated carbocycles. The SMILES string of the molecule is CCOc1ccccc1N(CC(=O)N(Cc1c(Cl)cccc1Cl)[C@@H](C)C(=O)NC1CCCCC1)S(=O)(=O)c1ccccc1. The van der Waals surface area contributed by atoms with Gasteiger partial charge < -0.3 is 15.0 Å². The number of carbonyl (C=O) groups excluding carboxylic acids is 2. The van der Waals surface area contributed by atoms with E-state index in [1.807, 2.05) is 0 Å². The van der Waals surface area contributed by atoms with Gasteiger partial charge in [-0.2, -0.15) is 0 Å². The lowest BCUT2D eigenvalue weighted by Crippen LogP contribution is -2.53. The van der Waals surface area contributed by atoms with Crippen LogP contribution >= 0.6 is 23.2 Å². The fourth-order valence-electron chi connectivity index (χ4n) is 5.18. The molecule has 0 bridgehead atoms. The van der Waals surface area contributed by atoms with Crippen molar-refractivity contribution < 1.29 is 22.7 Å². The molecule has 0 radical (unpaired) electrons. The maximum Gasteiger partial charge on any atom is 0.264 e. The maximum atomic E-state index is 14.3. The monoisotopic (exact) mass is 645 g/mol. The molecule has 3 aromatic carbocycles. The summed E-state index contributed by atoms with van der Waals surface area (Å²) in [5.74, 6) is -0.621. The molecule has 0 aromatic heterocycles. The van der Waals surface area contributed by atoms with Crippen molar-refractivity contribution in [3.63, 3.8) is 0 Å². The number of ether oxygens (including phenoxy) is 1. The number of amides is 2. The summed E-state index contributed by atoms with van der Waals surface area (Å²) >= 11 is 13.0. The zero-order valence-electron chi connectivity index (χ0n) is 24.3. The van der Waals surface area contributed by atoms with Crippen LogP contribution in [0.2, 0.25) is 10.0 Å². The van der Waals surface area contributed by atoms with Gasteiger partial charge in [-0.15, -0.1) is 0 Å². The van der Waals surface area contributed by atoms with Gasteiger partial charge in [0.1, 0.15) is 18.3 Å². The van der Waals surface area contributed by atoms with E-state index < -0.39 is 28.5 Å². The quantitative estimate of drug-likeness (QED) is 0.244. The number of nitrogens with zero attached hydrogens (tertiary/aromatic N) is 2. The number of nitrogens with one attached hydrogen (secondary N) is 1. The van der Waals surface area contributed by atoms with E-state index in [1.54, 1.807) is 74.5 Å². The Hall–Kier alpha value is -3.27. The van der Waals surface area contributed by atoms with E-state index in [0.717, 1.165) is 36.4 Å². The lowest BCUT2D eigenvalue weighted by atomic mass is 9.95. The van der Waals surface area contributed by atoms with Crippen molar-refractivity contribution >= 4 is 50.7 Å². The maximum absolute atomic E-state index is 14.3. The van der Waals surface area contributed by atoms with E-state index in [4.69, 9.17) is 27.9 Å². The first kappa shape index (κ1) is 32.6. The van der Waals surface area contributed by atoms with Crippen LogP contribution in [0.25, 0.3) is 0 Å². The van der Waals surface area contributed by atoms with E-state index >= 15 is 0 Å². The Morgan fingerprint density at radius 3 is 2.21 bits per heavy atom. The van der Waals surface area contributed by atoms with Crippen molar-refractivity contribution in [2.45, 2.75) is 69.5 Å². The normalized spacial score (nSPS) is 14.5. The third-order valence-electron chi connectivity index (χ3n) is 7.55. The third kappa shape index (κ3) is 8.02. The van der Waals surface area contributed by atoms with Gasteiger partial charge in [0.25, 0.3) is 10.0 Å². The van der Waals surface area contributed by atoms with Crippen molar-refractivity contribution in [1.29, 1.82) is 0 Å². The molecule has 1 atom stereocenters. The van der Waals surface area contributed by atoms with Gasteiger partial charge in [0.05, 0.1) is 17.2 Å². The highest BCUT2D eigenvalue weighted by Gasteiger charge is 2.34. The van der Waals surface area contributed by atoms with Crippen LogP contribution in [0, 0.1) is 0 Å². The molecule has 1 aliphatic carbocycles. The molecule has 0 unspecified atom stereocenters. The van der Waals surface area contributed by atoms with Crippen LogP contribution in [0.3, 0.4) is 0 Å². The third-order valence-corrected chi connectivity index (χ3v) is 10.0. The summed E-state index contributed by atoms with van der Waals surface area (Å²) in [6, 6.07) is 18.6. The summed E-state index contributed by atoms with van der Waals surface area (Å²) in [5, 5.41) is 3.75. The molecular formula is C32H37Cl2N3O5S. The Balaban J connectivity index is 1.74. The molecule has 0 aliphatic heterocycles. The molecule has 3 aromatic rings. The number of rotatable bonds is 12. The molecule has 0 saturated heterocycles. The van der Waals surface area contributed by atoms with Crippen molar-refractivity contribution in [2.24, 2.45) is 0 Å². The van der Waals surface area contributed by atoms with Crippen LogP contribution in [-0.4, -0.2) is 50.4 Å². The summed E-state index contributed by atoms with van der Waals surface area (Å²) in [6.45, 7) is 3.03. The van der Waals surface area contributed by atoms with Crippen molar-refractivity contribution in [3.8, 4) is 5.75 Å². The average Bonchev–Trinajstić information content (AvgIpc) is 3.01. The minimum Gasteiger partial charge on any atom is -0.492 e. The summed E-state index contributed by atoms with van der Waals surface area (Å²) in [4.78, 5) is 29.1. The molecule has 1 N–H and O–H groups in total. The second kappa shape index (κ2) is 14.9. The van der Waals surface area contributed by atoms with Gasteiger partial charge in [-0.25, -0.2) is 8.42 Å². The lowest BCUT2D eigenvalue weighted by Gasteiger charge is -2.34. The highest BCUT2D eigenvalue weighted by atomic mass is 35.5. The zero-order valence-corrected chi connectivity index (χ0v) is 26.7. The number of halogens is 2. The van der Waals surface area contributed by atoms with Crippen molar-refractivity contribution in [1.82, 2.24) is 10.2 Å². The Labute approximate surface area is 264 Å². The fourth-order valence-corrected chi connectivity index (χ4v) is 7.14. The van der Waals surface area contributed by atoms with Gasteiger partial charge >= 0.3 is 0 Å². The van der Waals surface area contributed by atoms with Gasteiger partial charge in [0, 0.05) is 28.2 Å². The highest BCUT2D eigenvalue weighted by Crippen LogP contribution is 2.33. The predicted octanol–water partition coefficient (Wildman–Crippen LogP) is 6.45. The Kier molecular flexibility index (Phi) is 11.3. The van der Waals surface area contributed by atoms with Crippen molar-refractivity contribution in [2.75, 3.05) is 17.5 Å². The largest absolute Gasteiger partial charge is 0.492 e. The van der Waals surface area contributed by atoms with E-state index in [0.29, 0.717) is 28.0 Å². The lowest BCUT2D eigenvalue weighted by molar-refractivity contribution is -0.139. The minimum absolute atomic E-state index is 0.0119. The number of hydrogen-bond donors (Lipinski definition) is 1. The van der Waals surface area contributed by atoms with Crippen LogP contribution in [0.4, 0.5) is 5.69 Å². The molecule has 43 heavy (non-hydrogen) atoms. The summed E-state index contributed by atoms with van der Waals surface area (Å²) in [7, 11) is -4.23. The van der Waals surface area contributed by atoms with Crippen LogP contribution in [-0.2, 0) is 26.2 Å². The number of para-hydroxylation sites is 2. The first-order valence-corrected chi connectivity index (χ1v) is 16.7. The second-order valence-electron chi connectivity index (χ2n) is 10.5. The molecule has 1 fully saturated rings. The number of anilines is 1. The predicted molar refractivity (Wildman–Crippen MR) is 170 cm³/mol. The molecule has 230 valence electrons. The van der Waals surface area contributed by atoms with Crippen LogP contribution in [0.5, 0.6) is 5.75 Å². The van der Waals surface area contributed by atoms with Gasteiger partial charge in [-0.1, -0.05) is 78.9 Å². The molecule has 0 spiro atoms. The van der Waals surface area contributed by atoms with Crippen molar-refractivity contribution in [3.05, 3.63) is 88.4 Å². The molecule has 0 heterocycles. The standard InChI is InChI=1S/C32H37Cl2N3O5S/c1-3-42-30-20-11-10-19-29(30)37(43(40,41)25-15-8-5-9-16-25)22-31(38)36(21-26-27(33)17-12-18-28(26)34)23(2)32(39)35-24-13-6-4-7-14-24/h5,8-12,15-20,23-24H,3-4,6-7,13-14,21-22H2,1-2H3,(H,35,39)/t23-/m0/s1. The van der Waals surface area contributed by atoms with Gasteiger partial charge in [-0.3, -0.25) is 13.9 Å². The molecular weight excluding hydrogens is 609 g/mol. The van der Waals surface area contributed by atoms with Gasteiger partial charge in [0.2, 0.25) is 11.8 Å². The molecule has 1 aliphatic rings. The molecule has 8 nitrogen and oxygen atoms in total. The van der Waals surface area contributed by atoms with Gasteiger partial charge in [0.15, 0.2) is 0 Å². The smallest absolute Gasteiger partial charge is 0.264 e. The van der Waals surface area contributed by atoms with E-state index in [9.17, 15) is 18.0 Å². The number of carbonyl (C=O) groups is 2. The number of benzene rings is 3. The fraction of sp³-hybridized carbons (Fsp3) is 0.375. The topological polar surface area (TPSA) is 96.0 Å². The van der Waals surface area contributed by atoms with Crippen LogP contribution in [0.15, 0.2) is 77.7 Å². The first-order chi connectivity index (χ1) is 20.6. The average molecular weight is 647 g/mol. The van der Waals surface area contributed by atoms with Gasteiger partial charge in [-0.05, 0) is 63.1 Å². The summed E-state index contributed by atoms with van der Waals surface area (Å²) < 4.78 is 34.9. The molecule has 11 heteroatoms. The minimum atomic E-state index is -4.23. The molecule has 4 rings (SSSR count). The Morgan fingerprint density at radius 1 is 0.930 bits per heavy atom. The van der Waals surface area contributed by atoms with E-state index in [2.05, 4.69) is 5.32 Å². The number of sulfonamides is 1. The molecule has 2 amide bonds. The van der Waals surface area contributed by atoms with E-state index in [-0.39, 0.29) is 29.1 Å². The first-order valence-electron chi connectivity index (χ1n) is 14.5. The van der Waals surface area contributed by atoms with Crippen LogP contribution in [0.1, 0.15) is 51.5 Å². The Bertz CT molecular complexity index is 1490. The zero-order chi connectivity index (χ0) is 31.0. The summed E-state index contributed by atoms with van der Waals surface area (Å²) in [6.07, 6.45) is 4.94. The van der Waals surface area contributed by atoms with E-state index in [1.165, 1.54) is 17.0 Å². The second-order valence-corrected chi connectivity index (χ2v) is 13.1. The van der Waals surface area contributed by atoms with Crippen LogP contribution < -0.4 is 14.4 Å². The summed E-state index contributed by atoms with van der Waals surface area (Å²) in [5.41, 5.74) is 0.667. The Morgan fingerprint density at radius 2 is 1.56 bits per heavy atom. The highest BCUT2D eigenvalue weighted by molar-refractivity contribution is 7.92.